The molecule has 0 aromatic carbocycles. The largest absolute Gasteiger partial charge is 0.320 e. The molecule has 1 unspecified atom stereocenters. The van der Waals surface area contributed by atoms with Crippen LogP contribution in [0.2, 0.25) is 0 Å². The zero-order valence-electron chi connectivity index (χ0n) is 13.0. The minimum atomic E-state index is -0.0908. The Kier molecular flexibility index (Phi) is 6.41. The average molecular weight is 302 g/mol. The summed E-state index contributed by atoms with van der Waals surface area (Å²) in [6, 6.07) is 11.4. The van der Waals surface area contributed by atoms with Gasteiger partial charge in [0.1, 0.15) is 11.6 Å². The molecule has 0 saturated heterocycles. The molecule has 2 rings (SSSR count). The minimum Gasteiger partial charge on any atom is -0.320 e. The predicted molar refractivity (Wildman–Crippen MR) is 93.8 cm³/mol. The molecule has 0 saturated carbocycles. The number of nitrogens with two attached hydrogens (primary N) is 1. The van der Waals surface area contributed by atoms with Gasteiger partial charge < -0.3 is 5.73 Å². The predicted octanol–water partition coefficient (Wildman–Crippen LogP) is 2.52. The van der Waals surface area contributed by atoms with Crippen molar-refractivity contribution in [2.75, 3.05) is 11.4 Å². The first-order valence-electron chi connectivity index (χ1n) is 7.28. The van der Waals surface area contributed by atoms with Crippen LogP contribution in [0.25, 0.3) is 0 Å². The van der Waals surface area contributed by atoms with Crippen LogP contribution in [0.15, 0.2) is 60.9 Å². The Labute approximate surface area is 137 Å². The van der Waals surface area contributed by atoms with Crippen molar-refractivity contribution in [3.05, 3.63) is 60.9 Å². The molecular formula is C19H18N4. The fourth-order valence-electron chi connectivity index (χ4n) is 1.94. The van der Waals surface area contributed by atoms with Crippen molar-refractivity contribution >= 4 is 11.6 Å². The molecule has 0 amide bonds. The van der Waals surface area contributed by atoms with Crippen LogP contribution in [-0.2, 0) is 0 Å². The maximum atomic E-state index is 5.30. The second kappa shape index (κ2) is 9.04. The summed E-state index contributed by atoms with van der Waals surface area (Å²) in [6.07, 6.45) is 6.92. The smallest absolute Gasteiger partial charge is 0.135 e. The number of nitrogens with zero attached hydrogens (tertiary/aromatic N) is 3. The van der Waals surface area contributed by atoms with E-state index in [-0.39, 0.29) is 6.04 Å². The molecule has 0 fully saturated rings. The van der Waals surface area contributed by atoms with Gasteiger partial charge in [0, 0.05) is 12.4 Å². The van der Waals surface area contributed by atoms with E-state index in [4.69, 9.17) is 5.73 Å². The lowest BCUT2D eigenvalue weighted by molar-refractivity contribution is 0.854. The Balaban J connectivity index is 2.25. The van der Waals surface area contributed by atoms with Crippen molar-refractivity contribution in [2.45, 2.75) is 13.0 Å². The molecule has 2 aromatic heterocycles. The fraction of sp³-hybridized carbons (Fsp3) is 0.158. The standard InChI is InChI=1S/C19H18N4/c1-17(11-5-3-2-4-8-14-20)23(18-12-6-9-15-21-18)19-13-7-10-16-22-19/h2-3,6-7,9-10,12-13,15-17H,14,20H2,1H3. The molecule has 0 aliphatic heterocycles. The Morgan fingerprint density at radius 3 is 2.17 bits per heavy atom. The molecular weight excluding hydrogens is 284 g/mol. The number of rotatable bonds is 3. The molecule has 2 N–H and O–H groups in total. The van der Waals surface area contributed by atoms with Gasteiger partial charge in [0.25, 0.3) is 0 Å². The van der Waals surface area contributed by atoms with Gasteiger partial charge in [-0.15, -0.1) is 0 Å². The van der Waals surface area contributed by atoms with Crippen LogP contribution in [0.1, 0.15) is 6.92 Å². The summed E-state index contributed by atoms with van der Waals surface area (Å²) in [6.45, 7) is 2.36. The van der Waals surface area contributed by atoms with Crippen LogP contribution in [-0.4, -0.2) is 22.6 Å². The first kappa shape index (κ1) is 16.3. The number of hydrogen-bond acceptors (Lipinski definition) is 4. The molecule has 0 bridgehead atoms. The second-order valence-electron chi connectivity index (χ2n) is 4.57. The third-order valence-corrected chi connectivity index (χ3v) is 2.93. The van der Waals surface area contributed by atoms with Crippen molar-refractivity contribution in [3.63, 3.8) is 0 Å². The van der Waals surface area contributed by atoms with E-state index in [9.17, 15) is 0 Å². The first-order valence-corrected chi connectivity index (χ1v) is 7.28. The normalized spacial score (nSPS) is 11.0. The van der Waals surface area contributed by atoms with Gasteiger partial charge in [0.05, 0.1) is 12.6 Å². The summed E-state index contributed by atoms with van der Waals surface area (Å²) in [5, 5.41) is 0. The molecule has 2 heterocycles. The van der Waals surface area contributed by atoms with Gasteiger partial charge in [-0.2, -0.15) is 0 Å². The number of allylic oxidation sites excluding steroid dienone is 2. The number of pyridine rings is 2. The topological polar surface area (TPSA) is 55.0 Å². The average Bonchev–Trinajstić information content (AvgIpc) is 2.60. The maximum Gasteiger partial charge on any atom is 0.135 e. The number of hydrogen-bond donors (Lipinski definition) is 1. The van der Waals surface area contributed by atoms with E-state index in [1.807, 2.05) is 48.2 Å². The monoisotopic (exact) mass is 302 g/mol. The summed E-state index contributed by atoms with van der Waals surface area (Å²) in [4.78, 5) is 10.8. The summed E-state index contributed by atoms with van der Waals surface area (Å²) in [5.74, 6) is 13.3. The summed E-state index contributed by atoms with van der Waals surface area (Å²) in [7, 11) is 0. The molecule has 23 heavy (non-hydrogen) atoms. The first-order chi connectivity index (χ1) is 11.3. The molecule has 0 aliphatic carbocycles. The van der Waals surface area contributed by atoms with Gasteiger partial charge in [-0.3, -0.25) is 4.90 Å². The summed E-state index contributed by atoms with van der Waals surface area (Å²) >= 11 is 0. The SMILES string of the molecule is CC(C#CC=CC#CCN)N(c1ccccn1)c1ccccn1. The zero-order valence-corrected chi connectivity index (χ0v) is 13.0. The van der Waals surface area contributed by atoms with Crippen LogP contribution < -0.4 is 10.6 Å². The third-order valence-electron chi connectivity index (χ3n) is 2.93. The lowest BCUT2D eigenvalue weighted by Gasteiger charge is -2.25. The highest BCUT2D eigenvalue weighted by Crippen LogP contribution is 2.23. The van der Waals surface area contributed by atoms with Gasteiger partial charge in [0.15, 0.2) is 0 Å². The molecule has 0 radical (unpaired) electrons. The van der Waals surface area contributed by atoms with E-state index in [2.05, 4.69) is 33.6 Å². The fourth-order valence-corrected chi connectivity index (χ4v) is 1.94. The highest BCUT2D eigenvalue weighted by molar-refractivity contribution is 5.58. The van der Waals surface area contributed by atoms with Crippen LogP contribution >= 0.6 is 0 Å². The van der Waals surface area contributed by atoms with Gasteiger partial charge in [0.2, 0.25) is 0 Å². The van der Waals surface area contributed by atoms with E-state index in [0.29, 0.717) is 6.54 Å². The Hall–Kier alpha value is -3.08. The highest BCUT2D eigenvalue weighted by Gasteiger charge is 2.16. The lowest BCUT2D eigenvalue weighted by Crippen LogP contribution is -2.28. The highest BCUT2D eigenvalue weighted by atomic mass is 15.2. The summed E-state index contributed by atoms with van der Waals surface area (Å²) in [5.41, 5.74) is 5.30. The molecule has 1 atom stereocenters. The van der Waals surface area contributed by atoms with E-state index < -0.39 is 0 Å². The summed E-state index contributed by atoms with van der Waals surface area (Å²) < 4.78 is 0. The molecule has 4 heteroatoms. The van der Waals surface area contributed by atoms with Crippen molar-refractivity contribution in [1.82, 2.24) is 9.97 Å². The number of aromatic nitrogens is 2. The molecule has 4 nitrogen and oxygen atoms in total. The zero-order chi connectivity index (χ0) is 16.3. The Morgan fingerprint density at radius 2 is 1.65 bits per heavy atom. The molecule has 0 spiro atoms. The van der Waals surface area contributed by atoms with Crippen LogP contribution in [0.3, 0.4) is 0 Å². The lowest BCUT2D eigenvalue weighted by atomic mass is 10.2. The molecule has 2 aromatic rings. The van der Waals surface area contributed by atoms with E-state index in [1.54, 1.807) is 24.5 Å². The minimum absolute atomic E-state index is 0.0908. The Morgan fingerprint density at radius 1 is 1.04 bits per heavy atom. The molecule has 0 aliphatic rings. The van der Waals surface area contributed by atoms with Crippen LogP contribution in [0.4, 0.5) is 11.6 Å². The Bertz CT molecular complexity index is 706. The van der Waals surface area contributed by atoms with Crippen molar-refractivity contribution in [2.24, 2.45) is 5.73 Å². The second-order valence-corrected chi connectivity index (χ2v) is 4.57. The number of anilines is 2. The molecule has 114 valence electrons. The quantitative estimate of drug-likeness (QED) is 0.885. The van der Waals surface area contributed by atoms with Crippen LogP contribution in [0, 0.1) is 23.7 Å². The van der Waals surface area contributed by atoms with E-state index >= 15 is 0 Å². The van der Waals surface area contributed by atoms with Gasteiger partial charge in [-0.25, -0.2) is 9.97 Å². The van der Waals surface area contributed by atoms with Gasteiger partial charge in [-0.05, 0) is 43.3 Å². The van der Waals surface area contributed by atoms with E-state index in [1.165, 1.54) is 0 Å². The van der Waals surface area contributed by atoms with Crippen molar-refractivity contribution in [1.29, 1.82) is 0 Å². The third kappa shape index (κ3) is 5.00. The van der Waals surface area contributed by atoms with E-state index in [0.717, 1.165) is 11.6 Å². The van der Waals surface area contributed by atoms with Crippen molar-refractivity contribution < 1.29 is 0 Å². The maximum absolute atomic E-state index is 5.30. The van der Waals surface area contributed by atoms with Gasteiger partial charge in [-0.1, -0.05) is 35.8 Å². The van der Waals surface area contributed by atoms with Gasteiger partial charge >= 0.3 is 0 Å². The van der Waals surface area contributed by atoms with Crippen LogP contribution in [0.5, 0.6) is 0 Å². The van der Waals surface area contributed by atoms with Crippen molar-refractivity contribution in [3.8, 4) is 23.7 Å².